The maximum atomic E-state index is 13.6. The lowest BCUT2D eigenvalue weighted by molar-refractivity contribution is 0.363. The number of halogens is 2. The summed E-state index contributed by atoms with van der Waals surface area (Å²) in [5.74, 6) is 2.13. The van der Waals surface area contributed by atoms with Gasteiger partial charge >= 0.3 is 0 Å². The van der Waals surface area contributed by atoms with Crippen LogP contribution in [0.5, 0.6) is 11.5 Å². The van der Waals surface area contributed by atoms with Crippen LogP contribution >= 0.6 is 45.2 Å². The van der Waals surface area contributed by atoms with Gasteiger partial charge in [0.1, 0.15) is 17.6 Å². The summed E-state index contributed by atoms with van der Waals surface area (Å²) < 4.78 is 14.2. The average Bonchev–Trinajstić information content (AvgIpc) is 2.87. The minimum atomic E-state index is -0.253. The highest BCUT2D eigenvalue weighted by Gasteiger charge is 2.18. The molecule has 4 rings (SSSR count). The number of benzene rings is 3. The van der Waals surface area contributed by atoms with Crippen LogP contribution in [0.2, 0.25) is 0 Å². The molecule has 0 spiro atoms. The van der Waals surface area contributed by atoms with E-state index >= 15 is 0 Å². The van der Waals surface area contributed by atoms with E-state index in [2.05, 4.69) is 64.1 Å². The molecule has 0 atom stereocenters. The summed E-state index contributed by atoms with van der Waals surface area (Å²) in [6.07, 6.45) is 1.64. The second kappa shape index (κ2) is 11.6. The van der Waals surface area contributed by atoms with Crippen LogP contribution in [0.1, 0.15) is 36.5 Å². The van der Waals surface area contributed by atoms with Crippen molar-refractivity contribution in [2.45, 2.75) is 26.7 Å². The highest BCUT2D eigenvalue weighted by atomic mass is 127. The highest BCUT2D eigenvalue weighted by molar-refractivity contribution is 14.1. The van der Waals surface area contributed by atoms with E-state index in [1.807, 2.05) is 55.5 Å². The molecule has 0 amide bonds. The van der Waals surface area contributed by atoms with Gasteiger partial charge in [0.2, 0.25) is 0 Å². The molecule has 0 N–H and O–H groups in total. The van der Waals surface area contributed by atoms with E-state index in [9.17, 15) is 4.79 Å². The Bertz CT molecular complexity index is 1600. The first-order chi connectivity index (χ1) is 17.7. The molecule has 0 unspecified atom stereocenters. The molecule has 0 saturated heterocycles. The van der Waals surface area contributed by atoms with Crippen LogP contribution in [0.15, 0.2) is 58.4 Å². The molecule has 0 radical (unpaired) electrons. The number of rotatable bonds is 7. The van der Waals surface area contributed by atoms with Crippen LogP contribution in [-0.2, 0) is 0 Å². The van der Waals surface area contributed by atoms with E-state index in [4.69, 9.17) is 19.7 Å². The Morgan fingerprint density at radius 2 is 1.86 bits per heavy atom. The third-order valence-corrected chi connectivity index (χ3v) is 7.42. The molecule has 188 valence electrons. The zero-order valence-electron chi connectivity index (χ0n) is 20.8. The molecule has 37 heavy (non-hydrogen) atoms. The minimum Gasteiger partial charge on any atom is -0.496 e. The molecule has 7 nitrogen and oxygen atoms in total. The SMILES string of the molecule is COc1cc(C)c(-c2nc3ccccc3c(=O)n2N=Cc2cc(I)c(OCC#N)c(I)c2)cc1C(C)C. The summed E-state index contributed by atoms with van der Waals surface area (Å²) in [6, 6.07) is 17.1. The van der Waals surface area contributed by atoms with E-state index in [1.54, 1.807) is 19.4 Å². The number of hydrogen-bond acceptors (Lipinski definition) is 6. The number of nitrogens with zero attached hydrogens (tertiary/aromatic N) is 4. The predicted molar refractivity (Wildman–Crippen MR) is 163 cm³/mol. The number of methoxy groups -OCH3 is 1. The van der Waals surface area contributed by atoms with Crippen LogP contribution in [0, 0.1) is 25.4 Å². The molecule has 0 saturated carbocycles. The zero-order valence-corrected chi connectivity index (χ0v) is 25.1. The van der Waals surface area contributed by atoms with E-state index in [-0.39, 0.29) is 18.1 Å². The molecule has 0 aliphatic carbocycles. The molecule has 3 aromatic carbocycles. The van der Waals surface area contributed by atoms with E-state index in [1.165, 1.54) is 4.68 Å². The van der Waals surface area contributed by atoms with E-state index < -0.39 is 0 Å². The number of para-hydroxylation sites is 1. The molecular formula is C28H24I2N4O3. The third-order valence-electron chi connectivity index (χ3n) is 5.82. The van der Waals surface area contributed by atoms with E-state index in [0.29, 0.717) is 22.5 Å². The number of aryl methyl sites for hydroxylation is 1. The van der Waals surface area contributed by atoms with Gasteiger partial charge in [0.25, 0.3) is 5.56 Å². The molecule has 0 bridgehead atoms. The molecule has 1 heterocycles. The first kappa shape index (κ1) is 27.1. The lowest BCUT2D eigenvalue weighted by atomic mass is 9.96. The van der Waals surface area contributed by atoms with Crippen molar-refractivity contribution in [1.29, 1.82) is 5.26 Å². The number of hydrogen-bond donors (Lipinski definition) is 0. The van der Waals surface area contributed by atoms with Crippen molar-refractivity contribution in [2.24, 2.45) is 5.10 Å². The quantitative estimate of drug-likeness (QED) is 0.161. The second-order valence-electron chi connectivity index (χ2n) is 8.64. The Morgan fingerprint density at radius 3 is 2.51 bits per heavy atom. The van der Waals surface area contributed by atoms with Gasteiger partial charge < -0.3 is 9.47 Å². The third kappa shape index (κ3) is 5.65. The first-order valence-electron chi connectivity index (χ1n) is 11.5. The van der Waals surface area contributed by atoms with Gasteiger partial charge in [0.15, 0.2) is 12.4 Å². The largest absolute Gasteiger partial charge is 0.496 e. The van der Waals surface area contributed by atoms with Crippen molar-refractivity contribution in [3.8, 4) is 29.0 Å². The van der Waals surface area contributed by atoms with Gasteiger partial charge in [-0.25, -0.2) is 4.98 Å². The fourth-order valence-corrected chi connectivity index (χ4v) is 6.12. The number of fused-ring (bicyclic) bond motifs is 1. The van der Waals surface area contributed by atoms with Gasteiger partial charge in [-0.15, -0.1) is 0 Å². The fourth-order valence-electron chi connectivity index (χ4n) is 3.99. The standard InChI is InChI=1S/C28H24I2N4O3/c1-16(2)20-14-21(17(3)11-25(20)36-4)27-33-24-8-6-5-7-19(24)28(35)34(27)32-15-18-12-22(29)26(23(30)13-18)37-10-9-31/h5-8,11-16H,10H2,1-4H3. The summed E-state index contributed by atoms with van der Waals surface area (Å²) >= 11 is 4.33. The van der Waals surface area contributed by atoms with Crippen LogP contribution in [0.3, 0.4) is 0 Å². The predicted octanol–water partition coefficient (Wildman–Crippen LogP) is 6.50. The molecule has 1 aromatic heterocycles. The molecule has 4 aromatic rings. The lowest BCUT2D eigenvalue weighted by Gasteiger charge is -2.17. The summed E-state index contributed by atoms with van der Waals surface area (Å²) in [5, 5.41) is 14.0. The van der Waals surface area contributed by atoms with Crippen LogP contribution in [0.4, 0.5) is 0 Å². The average molecular weight is 718 g/mol. The van der Waals surface area contributed by atoms with Crippen molar-refractivity contribution in [3.05, 3.63) is 82.7 Å². The van der Waals surface area contributed by atoms with Crippen molar-refractivity contribution >= 4 is 62.3 Å². The fraction of sp³-hybridized carbons (Fsp3) is 0.214. The summed E-state index contributed by atoms with van der Waals surface area (Å²) in [6.45, 7) is 6.15. The summed E-state index contributed by atoms with van der Waals surface area (Å²) in [5.41, 5.74) is 3.91. The van der Waals surface area contributed by atoms with Gasteiger partial charge in [0.05, 0.1) is 31.4 Å². The monoisotopic (exact) mass is 718 g/mol. The molecule has 0 fully saturated rings. The van der Waals surface area contributed by atoms with Crippen LogP contribution in [0.25, 0.3) is 22.3 Å². The minimum absolute atomic E-state index is 0.0273. The molecule has 9 heteroatoms. The van der Waals surface area contributed by atoms with Crippen molar-refractivity contribution in [1.82, 2.24) is 9.66 Å². The first-order valence-corrected chi connectivity index (χ1v) is 13.6. The molecular weight excluding hydrogens is 694 g/mol. The summed E-state index contributed by atoms with van der Waals surface area (Å²) in [4.78, 5) is 18.5. The summed E-state index contributed by atoms with van der Waals surface area (Å²) in [7, 11) is 1.66. The Balaban J connectivity index is 1.92. The normalized spacial score (nSPS) is 11.3. The van der Waals surface area contributed by atoms with Gasteiger partial charge in [-0.05, 0) is 111 Å². The number of aromatic nitrogens is 2. The zero-order chi connectivity index (χ0) is 26.7. The van der Waals surface area contributed by atoms with Crippen LogP contribution in [-0.4, -0.2) is 29.6 Å². The highest BCUT2D eigenvalue weighted by Crippen LogP contribution is 2.34. The Labute approximate surface area is 242 Å². The van der Waals surface area contributed by atoms with Gasteiger partial charge in [-0.2, -0.15) is 15.0 Å². The molecule has 0 aliphatic rings. The van der Waals surface area contributed by atoms with Gasteiger partial charge in [-0.1, -0.05) is 26.0 Å². The Morgan fingerprint density at radius 1 is 1.16 bits per heavy atom. The topological polar surface area (TPSA) is 89.5 Å². The lowest BCUT2D eigenvalue weighted by Crippen LogP contribution is -2.21. The van der Waals surface area contributed by atoms with Gasteiger partial charge in [-0.3, -0.25) is 4.79 Å². The van der Waals surface area contributed by atoms with Crippen LogP contribution < -0.4 is 15.0 Å². The van der Waals surface area contributed by atoms with Crippen molar-refractivity contribution < 1.29 is 9.47 Å². The Kier molecular flexibility index (Phi) is 8.49. The second-order valence-corrected chi connectivity index (χ2v) is 11.0. The number of ether oxygens (including phenoxy) is 2. The maximum absolute atomic E-state index is 13.6. The van der Waals surface area contributed by atoms with Crippen molar-refractivity contribution in [2.75, 3.05) is 13.7 Å². The maximum Gasteiger partial charge on any atom is 0.282 e. The smallest absolute Gasteiger partial charge is 0.282 e. The number of nitriles is 1. The molecule has 0 aliphatic heterocycles. The van der Waals surface area contributed by atoms with Gasteiger partial charge in [0, 0.05) is 5.56 Å². The van der Waals surface area contributed by atoms with Crippen molar-refractivity contribution in [3.63, 3.8) is 0 Å². The van der Waals surface area contributed by atoms with E-state index in [0.717, 1.165) is 35.1 Å². The Hall–Kier alpha value is -2.98.